The molecule has 0 saturated carbocycles. The Labute approximate surface area is 126 Å². The number of rotatable bonds is 2. The molecule has 0 amide bonds. The number of nitrogens with zero attached hydrogens (tertiary/aromatic N) is 3. The first kappa shape index (κ1) is 20.3. The zero-order chi connectivity index (χ0) is 10.8. The molecular formula is C10H21Cl3N4O. The van der Waals surface area contributed by atoms with Crippen molar-refractivity contribution in [2.24, 2.45) is 12.8 Å². The Morgan fingerprint density at radius 2 is 2.06 bits per heavy atom. The van der Waals surface area contributed by atoms with Gasteiger partial charge < -0.3 is 15.0 Å². The summed E-state index contributed by atoms with van der Waals surface area (Å²) in [6, 6.07) is 0.219. The number of hydrogen-bond acceptors (Lipinski definition) is 4. The number of nitrogens with two attached hydrogens (primary N) is 1. The van der Waals surface area contributed by atoms with Crippen LogP contribution in [0.25, 0.3) is 0 Å². The molecule has 2 atom stereocenters. The molecule has 0 spiro atoms. The summed E-state index contributed by atoms with van der Waals surface area (Å²) in [6.45, 7) is 2.24. The van der Waals surface area contributed by atoms with E-state index in [0.717, 1.165) is 18.8 Å². The van der Waals surface area contributed by atoms with Gasteiger partial charge in [-0.2, -0.15) is 0 Å². The van der Waals surface area contributed by atoms with Gasteiger partial charge >= 0.3 is 0 Å². The average Bonchev–Trinajstić information content (AvgIpc) is 2.64. The van der Waals surface area contributed by atoms with Crippen LogP contribution in [-0.2, 0) is 11.8 Å². The lowest BCUT2D eigenvalue weighted by molar-refractivity contribution is -0.0598. The number of ether oxygens (including phenoxy) is 1. The van der Waals surface area contributed by atoms with Crippen molar-refractivity contribution >= 4 is 37.2 Å². The fraction of sp³-hybridized carbons (Fsp3) is 0.700. The van der Waals surface area contributed by atoms with Crippen molar-refractivity contribution in [1.29, 1.82) is 0 Å². The SMILES string of the molecule is CN1CCO[C@@H](CN)[C@@H]1c1cncn1C.Cl.Cl.Cl. The van der Waals surface area contributed by atoms with Crippen LogP contribution in [0.4, 0.5) is 0 Å². The van der Waals surface area contributed by atoms with Crippen molar-refractivity contribution < 1.29 is 4.74 Å². The van der Waals surface area contributed by atoms with Crippen molar-refractivity contribution in [1.82, 2.24) is 14.5 Å². The van der Waals surface area contributed by atoms with E-state index in [2.05, 4.69) is 16.9 Å². The molecule has 0 aliphatic carbocycles. The molecule has 1 aromatic rings. The first-order valence-electron chi connectivity index (χ1n) is 5.22. The number of aryl methyl sites for hydroxylation is 1. The Hall–Kier alpha value is -0.0400. The van der Waals surface area contributed by atoms with Gasteiger partial charge in [0.15, 0.2) is 0 Å². The molecule has 2 rings (SSSR count). The lowest BCUT2D eigenvalue weighted by atomic mass is 10.0. The third-order valence-corrected chi connectivity index (χ3v) is 2.99. The summed E-state index contributed by atoms with van der Waals surface area (Å²) in [7, 11) is 4.10. The number of likely N-dealkylation sites (N-methyl/N-ethyl adjacent to an activating group) is 1. The highest BCUT2D eigenvalue weighted by Crippen LogP contribution is 2.26. The molecule has 2 N–H and O–H groups in total. The second-order valence-corrected chi connectivity index (χ2v) is 4.00. The molecule has 1 fully saturated rings. The smallest absolute Gasteiger partial charge is 0.0946 e. The molecule has 0 aromatic carbocycles. The third-order valence-electron chi connectivity index (χ3n) is 2.99. The van der Waals surface area contributed by atoms with Crippen LogP contribution in [0.5, 0.6) is 0 Å². The number of imidazole rings is 1. The molecule has 0 radical (unpaired) electrons. The van der Waals surface area contributed by atoms with Gasteiger partial charge in [-0.3, -0.25) is 4.90 Å². The van der Waals surface area contributed by atoms with Crippen molar-refractivity contribution in [3.63, 3.8) is 0 Å². The summed E-state index contributed by atoms with van der Waals surface area (Å²) < 4.78 is 7.71. The molecule has 1 aliphatic rings. The normalized spacial score (nSPS) is 23.5. The van der Waals surface area contributed by atoms with Crippen molar-refractivity contribution in [3.8, 4) is 0 Å². The van der Waals surface area contributed by atoms with Gasteiger partial charge in [-0.05, 0) is 7.05 Å². The first-order chi connectivity index (χ1) is 7.24. The number of hydrogen-bond donors (Lipinski definition) is 1. The molecule has 0 bridgehead atoms. The van der Waals surface area contributed by atoms with Gasteiger partial charge in [0.25, 0.3) is 0 Å². The van der Waals surface area contributed by atoms with Crippen LogP contribution < -0.4 is 5.73 Å². The standard InChI is InChI=1S/C10H18N4O.3ClH/c1-13-3-4-15-9(5-11)10(13)8-6-12-7-14(8)2;;;/h6-7,9-10H,3-5,11H2,1-2H3;3*1H/t9-,10-;;;/m0.../s1. The van der Waals surface area contributed by atoms with Gasteiger partial charge in [0.05, 0.1) is 30.8 Å². The van der Waals surface area contributed by atoms with Crippen LogP contribution in [0.3, 0.4) is 0 Å². The Bertz CT molecular complexity index is 337. The molecular weight excluding hydrogens is 298 g/mol. The molecule has 2 heterocycles. The summed E-state index contributed by atoms with van der Waals surface area (Å²) in [5.41, 5.74) is 6.89. The predicted octanol–water partition coefficient (Wildman–Crippen LogP) is 1.02. The molecule has 8 heteroatoms. The second-order valence-electron chi connectivity index (χ2n) is 4.00. The van der Waals surface area contributed by atoms with Gasteiger partial charge in [0.2, 0.25) is 0 Å². The molecule has 5 nitrogen and oxygen atoms in total. The van der Waals surface area contributed by atoms with Gasteiger partial charge in [0.1, 0.15) is 0 Å². The predicted molar refractivity (Wildman–Crippen MR) is 79.1 cm³/mol. The minimum atomic E-state index is 0. The summed E-state index contributed by atoms with van der Waals surface area (Å²) in [4.78, 5) is 6.42. The number of halogens is 3. The largest absolute Gasteiger partial charge is 0.374 e. The maximum atomic E-state index is 5.73. The summed E-state index contributed by atoms with van der Waals surface area (Å²) in [5, 5.41) is 0. The van der Waals surface area contributed by atoms with E-state index in [0.29, 0.717) is 6.54 Å². The molecule has 0 unspecified atom stereocenters. The molecule has 1 saturated heterocycles. The van der Waals surface area contributed by atoms with E-state index in [-0.39, 0.29) is 49.4 Å². The van der Waals surface area contributed by atoms with E-state index in [1.165, 1.54) is 0 Å². The summed E-state index contributed by atoms with van der Waals surface area (Å²) >= 11 is 0. The minimum Gasteiger partial charge on any atom is -0.374 e. The van der Waals surface area contributed by atoms with E-state index < -0.39 is 0 Å². The van der Waals surface area contributed by atoms with Crippen molar-refractivity contribution in [2.45, 2.75) is 12.1 Å². The quantitative estimate of drug-likeness (QED) is 0.884. The van der Waals surface area contributed by atoms with Crippen LogP contribution in [-0.4, -0.2) is 47.3 Å². The van der Waals surface area contributed by atoms with E-state index >= 15 is 0 Å². The van der Waals surface area contributed by atoms with Crippen molar-refractivity contribution in [3.05, 3.63) is 18.2 Å². The molecule has 1 aromatic heterocycles. The van der Waals surface area contributed by atoms with Crippen LogP contribution in [0, 0.1) is 0 Å². The lowest BCUT2D eigenvalue weighted by Gasteiger charge is -2.38. The van der Waals surface area contributed by atoms with E-state index in [9.17, 15) is 0 Å². The second kappa shape index (κ2) is 8.96. The Balaban J connectivity index is 0. The summed E-state index contributed by atoms with van der Waals surface area (Å²) in [6.07, 6.45) is 3.77. The van der Waals surface area contributed by atoms with Gasteiger partial charge in [0, 0.05) is 26.3 Å². The maximum Gasteiger partial charge on any atom is 0.0946 e. The average molecular weight is 320 g/mol. The topological polar surface area (TPSA) is 56.3 Å². The fourth-order valence-electron chi connectivity index (χ4n) is 2.13. The molecule has 18 heavy (non-hydrogen) atoms. The van der Waals surface area contributed by atoms with Gasteiger partial charge in [-0.15, -0.1) is 37.2 Å². The molecule has 1 aliphatic heterocycles. The monoisotopic (exact) mass is 318 g/mol. The Kier molecular flexibility index (Phi) is 10.1. The summed E-state index contributed by atoms with van der Waals surface area (Å²) in [5.74, 6) is 0. The van der Waals surface area contributed by atoms with Gasteiger partial charge in [-0.1, -0.05) is 0 Å². The zero-order valence-electron chi connectivity index (χ0n) is 10.5. The van der Waals surface area contributed by atoms with Crippen LogP contribution in [0.15, 0.2) is 12.5 Å². The van der Waals surface area contributed by atoms with Crippen LogP contribution >= 0.6 is 37.2 Å². The van der Waals surface area contributed by atoms with E-state index in [1.807, 2.05) is 24.1 Å². The van der Waals surface area contributed by atoms with Crippen LogP contribution in [0.1, 0.15) is 11.7 Å². The zero-order valence-corrected chi connectivity index (χ0v) is 12.9. The Morgan fingerprint density at radius 1 is 1.39 bits per heavy atom. The van der Waals surface area contributed by atoms with E-state index in [4.69, 9.17) is 10.5 Å². The number of morpholine rings is 1. The van der Waals surface area contributed by atoms with Crippen molar-refractivity contribution in [2.75, 3.05) is 26.7 Å². The highest BCUT2D eigenvalue weighted by molar-refractivity contribution is 5.86. The third kappa shape index (κ3) is 3.98. The minimum absolute atomic E-state index is 0. The van der Waals surface area contributed by atoms with E-state index in [1.54, 1.807) is 0 Å². The fourth-order valence-corrected chi connectivity index (χ4v) is 2.13. The number of aromatic nitrogens is 2. The van der Waals surface area contributed by atoms with Crippen LogP contribution in [0.2, 0.25) is 0 Å². The maximum absolute atomic E-state index is 5.73. The Morgan fingerprint density at radius 3 is 2.56 bits per heavy atom. The highest BCUT2D eigenvalue weighted by Gasteiger charge is 2.32. The lowest BCUT2D eigenvalue weighted by Crippen LogP contribution is -2.47. The molecule has 108 valence electrons. The van der Waals surface area contributed by atoms with Gasteiger partial charge in [-0.25, -0.2) is 4.98 Å². The first-order valence-corrected chi connectivity index (χ1v) is 5.22. The highest BCUT2D eigenvalue weighted by atomic mass is 35.5.